The van der Waals surface area contributed by atoms with Crippen LogP contribution in [0.5, 0.6) is 0 Å². The molecule has 0 saturated heterocycles. The summed E-state index contributed by atoms with van der Waals surface area (Å²) in [5.41, 5.74) is 3.95. The zero-order chi connectivity index (χ0) is 22.6. The molecule has 3 unspecified atom stereocenters. The number of alkyl halides is 1. The Labute approximate surface area is 189 Å². The van der Waals surface area contributed by atoms with E-state index in [0.29, 0.717) is 12.1 Å². The van der Waals surface area contributed by atoms with Gasteiger partial charge in [-0.25, -0.2) is 4.39 Å². The average Bonchev–Trinajstić information content (AvgIpc) is 3.20. The summed E-state index contributed by atoms with van der Waals surface area (Å²) < 4.78 is 14.0. The summed E-state index contributed by atoms with van der Waals surface area (Å²) in [4.78, 5) is 2.63. The van der Waals surface area contributed by atoms with Crippen LogP contribution in [-0.4, -0.2) is 23.2 Å². The van der Waals surface area contributed by atoms with E-state index >= 15 is 0 Å². The molecule has 2 nitrogen and oxygen atoms in total. The van der Waals surface area contributed by atoms with E-state index in [1.807, 2.05) is 0 Å². The predicted molar refractivity (Wildman–Crippen MR) is 129 cm³/mol. The third-order valence-electron chi connectivity index (χ3n) is 6.42. The molecular weight excluding hydrogens is 383 g/mol. The Hall–Kier alpha value is -2.18. The van der Waals surface area contributed by atoms with Crippen molar-refractivity contribution in [1.29, 1.82) is 5.26 Å². The van der Waals surface area contributed by atoms with Gasteiger partial charge in [-0.3, -0.25) is 4.90 Å². The quantitative estimate of drug-likeness (QED) is 0.420. The Kier molecular flexibility index (Phi) is 10.7. The monoisotopic (exact) mass is 422 g/mol. The van der Waals surface area contributed by atoms with Crippen LogP contribution in [-0.2, 0) is 13.0 Å². The molecule has 0 heterocycles. The van der Waals surface area contributed by atoms with Gasteiger partial charge in [0.05, 0.1) is 6.07 Å². The fourth-order valence-corrected chi connectivity index (χ4v) is 4.69. The van der Waals surface area contributed by atoms with Crippen molar-refractivity contribution in [1.82, 2.24) is 4.90 Å². The summed E-state index contributed by atoms with van der Waals surface area (Å²) in [5.74, 6) is 0.125. The Balaban J connectivity index is 0.00000107. The number of aryl methyl sites for hydroxylation is 1. The number of halogens is 1. The van der Waals surface area contributed by atoms with Gasteiger partial charge in [0, 0.05) is 31.5 Å². The number of hydrogen-bond acceptors (Lipinski definition) is 2. The maximum absolute atomic E-state index is 14.0. The van der Waals surface area contributed by atoms with Crippen molar-refractivity contribution in [2.24, 2.45) is 0 Å². The normalized spacial score (nSPS) is 19.0. The maximum Gasteiger partial charge on any atom is 0.107 e. The first-order valence-corrected chi connectivity index (χ1v) is 11.8. The number of benzene rings is 2. The SMILES string of the molecule is CC#N.CCC(CCc1ccc(C2CCCC2F)cc1)N(Cc1ccccc1)C(C)C. The first-order valence-electron chi connectivity index (χ1n) is 11.8. The smallest absolute Gasteiger partial charge is 0.107 e. The second-order valence-electron chi connectivity index (χ2n) is 8.87. The van der Waals surface area contributed by atoms with Gasteiger partial charge >= 0.3 is 0 Å². The molecule has 0 amide bonds. The summed E-state index contributed by atoms with van der Waals surface area (Å²) in [7, 11) is 0. The molecule has 0 aromatic heterocycles. The van der Waals surface area contributed by atoms with Crippen molar-refractivity contribution in [2.75, 3.05) is 0 Å². The van der Waals surface area contributed by atoms with E-state index in [1.165, 1.54) is 23.6 Å². The summed E-state index contributed by atoms with van der Waals surface area (Å²) in [6.45, 7) is 9.34. The molecule has 2 aromatic rings. The van der Waals surface area contributed by atoms with E-state index in [4.69, 9.17) is 5.26 Å². The molecule has 0 spiro atoms. The van der Waals surface area contributed by atoms with Crippen LogP contribution in [0.15, 0.2) is 54.6 Å². The van der Waals surface area contributed by atoms with Crippen LogP contribution < -0.4 is 0 Å². The Morgan fingerprint density at radius 1 is 1.03 bits per heavy atom. The minimum Gasteiger partial charge on any atom is -0.294 e. The fraction of sp³-hybridized carbons (Fsp3) is 0.536. The second kappa shape index (κ2) is 13.3. The molecule has 31 heavy (non-hydrogen) atoms. The van der Waals surface area contributed by atoms with Gasteiger partial charge < -0.3 is 0 Å². The van der Waals surface area contributed by atoms with E-state index in [9.17, 15) is 4.39 Å². The van der Waals surface area contributed by atoms with Gasteiger partial charge in [0.2, 0.25) is 0 Å². The zero-order valence-corrected chi connectivity index (χ0v) is 19.7. The minimum absolute atomic E-state index is 0.125. The van der Waals surface area contributed by atoms with Crippen molar-refractivity contribution in [3.05, 3.63) is 71.3 Å². The second-order valence-corrected chi connectivity index (χ2v) is 8.87. The first-order chi connectivity index (χ1) is 15.0. The highest BCUT2D eigenvalue weighted by atomic mass is 19.1. The van der Waals surface area contributed by atoms with E-state index < -0.39 is 6.17 Å². The van der Waals surface area contributed by atoms with Crippen LogP contribution in [0.3, 0.4) is 0 Å². The zero-order valence-electron chi connectivity index (χ0n) is 19.7. The molecule has 168 valence electrons. The average molecular weight is 423 g/mol. The summed E-state index contributed by atoms with van der Waals surface area (Å²) >= 11 is 0. The Bertz CT molecular complexity index is 779. The largest absolute Gasteiger partial charge is 0.294 e. The summed E-state index contributed by atoms with van der Waals surface area (Å²) in [6.07, 6.45) is 5.52. The van der Waals surface area contributed by atoms with Crippen molar-refractivity contribution in [2.45, 2.75) is 96.9 Å². The highest BCUT2D eigenvalue weighted by Crippen LogP contribution is 2.36. The molecular formula is C28H39FN2. The molecule has 1 aliphatic rings. The lowest BCUT2D eigenvalue weighted by Crippen LogP contribution is -2.39. The Morgan fingerprint density at radius 2 is 1.68 bits per heavy atom. The topological polar surface area (TPSA) is 27.0 Å². The van der Waals surface area contributed by atoms with E-state index in [2.05, 4.69) is 80.3 Å². The van der Waals surface area contributed by atoms with Gasteiger partial charge in [-0.1, -0.05) is 61.5 Å². The lowest BCUT2D eigenvalue weighted by molar-refractivity contribution is 0.132. The van der Waals surface area contributed by atoms with Crippen molar-refractivity contribution in [3.8, 4) is 6.07 Å². The summed E-state index contributed by atoms with van der Waals surface area (Å²) in [5, 5.41) is 7.32. The van der Waals surface area contributed by atoms with Gasteiger partial charge in [-0.2, -0.15) is 5.26 Å². The van der Waals surface area contributed by atoms with E-state index in [0.717, 1.165) is 45.1 Å². The molecule has 3 atom stereocenters. The number of hydrogen-bond donors (Lipinski definition) is 0. The molecule has 1 aliphatic carbocycles. The van der Waals surface area contributed by atoms with Crippen molar-refractivity contribution < 1.29 is 4.39 Å². The van der Waals surface area contributed by atoms with Crippen LogP contribution in [0.1, 0.15) is 82.4 Å². The molecule has 3 heteroatoms. The van der Waals surface area contributed by atoms with Crippen LogP contribution in [0.25, 0.3) is 0 Å². The molecule has 0 radical (unpaired) electrons. The van der Waals surface area contributed by atoms with Gasteiger partial charge in [0.15, 0.2) is 0 Å². The van der Waals surface area contributed by atoms with Crippen LogP contribution in [0.2, 0.25) is 0 Å². The minimum atomic E-state index is -0.645. The van der Waals surface area contributed by atoms with E-state index in [1.54, 1.807) is 6.07 Å². The number of nitriles is 1. The molecule has 3 rings (SSSR count). The molecule has 1 saturated carbocycles. The van der Waals surface area contributed by atoms with Gasteiger partial charge in [0.1, 0.15) is 6.17 Å². The van der Waals surface area contributed by atoms with Crippen LogP contribution >= 0.6 is 0 Å². The molecule has 0 bridgehead atoms. The molecule has 0 aliphatic heterocycles. The highest BCUT2D eigenvalue weighted by molar-refractivity contribution is 5.27. The van der Waals surface area contributed by atoms with Gasteiger partial charge in [0.25, 0.3) is 0 Å². The summed E-state index contributed by atoms with van der Waals surface area (Å²) in [6, 6.07) is 22.4. The Morgan fingerprint density at radius 3 is 2.19 bits per heavy atom. The standard InChI is InChI=1S/C26H36FN.C2H3N/c1-4-24(28(20(2)3)19-22-9-6-5-7-10-22)18-15-21-13-16-23(17-14-21)25-11-8-12-26(25)27;1-2-3/h5-7,9-10,13-14,16-17,20,24-26H,4,8,11-12,15,18-19H2,1-3H3;1H3. The number of rotatable bonds is 9. The lowest BCUT2D eigenvalue weighted by Gasteiger charge is -2.35. The van der Waals surface area contributed by atoms with Crippen molar-refractivity contribution in [3.63, 3.8) is 0 Å². The van der Waals surface area contributed by atoms with Crippen LogP contribution in [0, 0.1) is 11.3 Å². The maximum atomic E-state index is 14.0. The lowest BCUT2D eigenvalue weighted by atomic mass is 9.94. The third-order valence-corrected chi connectivity index (χ3v) is 6.42. The highest BCUT2D eigenvalue weighted by Gasteiger charge is 2.28. The molecule has 2 aromatic carbocycles. The van der Waals surface area contributed by atoms with Gasteiger partial charge in [-0.05, 0) is 69.1 Å². The molecule has 1 fully saturated rings. The first kappa shape index (κ1) is 25.1. The third kappa shape index (κ3) is 7.78. The van der Waals surface area contributed by atoms with E-state index in [-0.39, 0.29) is 5.92 Å². The fourth-order valence-electron chi connectivity index (χ4n) is 4.69. The van der Waals surface area contributed by atoms with Gasteiger partial charge in [-0.15, -0.1) is 0 Å². The predicted octanol–water partition coefficient (Wildman–Crippen LogP) is 7.44. The molecule has 0 N–H and O–H groups in total. The van der Waals surface area contributed by atoms with Crippen LogP contribution in [0.4, 0.5) is 4.39 Å². The number of nitrogens with zero attached hydrogens (tertiary/aromatic N) is 2. The van der Waals surface area contributed by atoms with Crippen molar-refractivity contribution >= 4 is 0 Å².